The summed E-state index contributed by atoms with van der Waals surface area (Å²) >= 11 is 0. The van der Waals surface area contributed by atoms with E-state index in [1.54, 1.807) is 0 Å². The minimum absolute atomic E-state index is 0.607. The van der Waals surface area contributed by atoms with Gasteiger partial charge in [-0.3, -0.25) is 0 Å². The summed E-state index contributed by atoms with van der Waals surface area (Å²) in [6.45, 7) is 0. The number of fused-ring (bicyclic) bond motifs is 3. The summed E-state index contributed by atoms with van der Waals surface area (Å²) in [7, 11) is 0. The standard InChI is InChI=1S/C51H33N3O/c1-3-12-34(13-4-1)35-22-24-36(25-23-35)37-26-28-39(29-27-37)49-52-50(54-51(53-49)46-20-8-7-18-43(46)38-14-5-2-6-15-38)42-17-11-16-40(32-42)41-30-31-45-44-19-9-10-21-47(44)55-48(45)33-41/h1-33H. The quantitative estimate of drug-likeness (QED) is 0.166. The maximum absolute atomic E-state index is 6.23. The van der Waals surface area contributed by atoms with Gasteiger partial charge in [0.15, 0.2) is 17.5 Å². The lowest BCUT2D eigenvalue weighted by Crippen LogP contribution is -2.01. The first kappa shape index (κ1) is 32.2. The predicted octanol–water partition coefficient (Wildman–Crippen LogP) is 13.4. The summed E-state index contributed by atoms with van der Waals surface area (Å²) in [4.78, 5) is 15.4. The van der Waals surface area contributed by atoms with Gasteiger partial charge in [-0.05, 0) is 68.8 Å². The van der Waals surface area contributed by atoms with Gasteiger partial charge in [-0.1, -0.05) is 176 Å². The van der Waals surface area contributed by atoms with Crippen molar-refractivity contribution in [3.63, 3.8) is 0 Å². The third-order valence-electron chi connectivity index (χ3n) is 10.2. The van der Waals surface area contributed by atoms with Gasteiger partial charge in [-0.25, -0.2) is 15.0 Å². The number of hydrogen-bond donors (Lipinski definition) is 0. The van der Waals surface area contributed by atoms with Crippen molar-refractivity contribution in [3.8, 4) is 78.7 Å². The fourth-order valence-electron chi connectivity index (χ4n) is 7.34. The van der Waals surface area contributed by atoms with Crippen LogP contribution >= 0.6 is 0 Å². The van der Waals surface area contributed by atoms with Crippen LogP contribution in [0.3, 0.4) is 0 Å². The zero-order valence-corrected chi connectivity index (χ0v) is 29.8. The molecule has 0 atom stereocenters. The molecule has 0 amide bonds. The molecule has 10 aromatic rings. The maximum atomic E-state index is 6.23. The van der Waals surface area contributed by atoms with E-state index in [4.69, 9.17) is 19.4 Å². The van der Waals surface area contributed by atoms with Crippen LogP contribution in [0, 0.1) is 0 Å². The van der Waals surface area contributed by atoms with Gasteiger partial charge >= 0.3 is 0 Å². The molecule has 0 aliphatic heterocycles. The summed E-state index contributed by atoms with van der Waals surface area (Å²) in [5.74, 6) is 1.84. The van der Waals surface area contributed by atoms with E-state index in [9.17, 15) is 0 Å². The Morgan fingerprint density at radius 3 is 1.42 bits per heavy atom. The highest BCUT2D eigenvalue weighted by Gasteiger charge is 2.17. The summed E-state index contributed by atoms with van der Waals surface area (Å²) in [5, 5.41) is 2.22. The largest absolute Gasteiger partial charge is 0.456 e. The summed E-state index contributed by atoms with van der Waals surface area (Å²) in [6.07, 6.45) is 0. The van der Waals surface area contributed by atoms with Crippen molar-refractivity contribution in [2.24, 2.45) is 0 Å². The van der Waals surface area contributed by atoms with Crippen LogP contribution in [0.15, 0.2) is 205 Å². The molecular weight excluding hydrogens is 671 g/mol. The van der Waals surface area contributed by atoms with E-state index < -0.39 is 0 Å². The first-order valence-corrected chi connectivity index (χ1v) is 18.4. The summed E-state index contributed by atoms with van der Waals surface area (Å²) < 4.78 is 6.23. The zero-order valence-electron chi connectivity index (χ0n) is 29.8. The molecule has 0 unspecified atom stereocenters. The van der Waals surface area contributed by atoms with Gasteiger partial charge in [0.25, 0.3) is 0 Å². The first-order valence-electron chi connectivity index (χ1n) is 18.4. The number of furan rings is 1. The highest BCUT2D eigenvalue weighted by molar-refractivity contribution is 6.06. The van der Waals surface area contributed by atoms with Gasteiger partial charge < -0.3 is 4.42 Å². The van der Waals surface area contributed by atoms with Crippen molar-refractivity contribution in [1.29, 1.82) is 0 Å². The van der Waals surface area contributed by atoms with Crippen LogP contribution in [0.4, 0.5) is 0 Å². The highest BCUT2D eigenvalue weighted by atomic mass is 16.3. The van der Waals surface area contributed by atoms with Crippen LogP contribution in [0.1, 0.15) is 0 Å². The Bertz CT molecular complexity index is 2950. The molecule has 0 aliphatic rings. The Morgan fingerprint density at radius 2 is 0.709 bits per heavy atom. The molecular formula is C51H33N3O. The maximum Gasteiger partial charge on any atom is 0.164 e. The first-order chi connectivity index (χ1) is 27.2. The average molecular weight is 704 g/mol. The molecule has 4 nitrogen and oxygen atoms in total. The van der Waals surface area contributed by atoms with Gasteiger partial charge in [0.2, 0.25) is 0 Å². The van der Waals surface area contributed by atoms with E-state index >= 15 is 0 Å². The van der Waals surface area contributed by atoms with Gasteiger partial charge in [0.1, 0.15) is 11.2 Å². The molecule has 55 heavy (non-hydrogen) atoms. The molecule has 8 aromatic carbocycles. The van der Waals surface area contributed by atoms with Gasteiger partial charge in [0, 0.05) is 27.5 Å². The van der Waals surface area contributed by atoms with Crippen molar-refractivity contribution in [1.82, 2.24) is 15.0 Å². The van der Waals surface area contributed by atoms with Gasteiger partial charge in [0.05, 0.1) is 0 Å². The second-order valence-electron chi connectivity index (χ2n) is 13.6. The Kier molecular flexibility index (Phi) is 8.12. The molecule has 2 aromatic heterocycles. The molecule has 0 fully saturated rings. The van der Waals surface area contributed by atoms with Gasteiger partial charge in [-0.2, -0.15) is 0 Å². The second kappa shape index (κ2) is 13.8. The number of benzene rings is 8. The lowest BCUT2D eigenvalue weighted by Gasteiger charge is -2.13. The van der Waals surface area contributed by atoms with Crippen LogP contribution in [0.5, 0.6) is 0 Å². The van der Waals surface area contributed by atoms with Crippen LogP contribution in [0.25, 0.3) is 101 Å². The van der Waals surface area contributed by atoms with Crippen molar-refractivity contribution in [3.05, 3.63) is 200 Å². The lowest BCUT2D eigenvalue weighted by molar-refractivity contribution is 0.669. The molecule has 0 saturated carbocycles. The predicted molar refractivity (Wildman–Crippen MR) is 225 cm³/mol. The molecule has 0 aliphatic carbocycles. The Labute approximate surface area is 319 Å². The number of nitrogens with zero attached hydrogens (tertiary/aromatic N) is 3. The van der Waals surface area contributed by atoms with Crippen molar-refractivity contribution in [2.75, 3.05) is 0 Å². The molecule has 258 valence electrons. The van der Waals surface area contributed by atoms with Crippen molar-refractivity contribution >= 4 is 21.9 Å². The van der Waals surface area contributed by atoms with E-state index in [2.05, 4.69) is 164 Å². The van der Waals surface area contributed by atoms with E-state index in [-0.39, 0.29) is 0 Å². The fourth-order valence-corrected chi connectivity index (χ4v) is 7.34. The second-order valence-corrected chi connectivity index (χ2v) is 13.6. The Morgan fingerprint density at radius 1 is 0.255 bits per heavy atom. The van der Waals surface area contributed by atoms with E-state index in [0.29, 0.717) is 17.5 Å². The molecule has 0 bridgehead atoms. The summed E-state index contributed by atoms with van der Waals surface area (Å²) in [6, 6.07) is 69.3. The molecule has 0 radical (unpaired) electrons. The van der Waals surface area contributed by atoms with Crippen molar-refractivity contribution in [2.45, 2.75) is 0 Å². The Balaban J connectivity index is 1.06. The number of aromatic nitrogens is 3. The minimum Gasteiger partial charge on any atom is -0.456 e. The van der Waals surface area contributed by atoms with Crippen LogP contribution in [-0.4, -0.2) is 15.0 Å². The zero-order chi connectivity index (χ0) is 36.6. The van der Waals surface area contributed by atoms with E-state index in [1.165, 1.54) is 11.1 Å². The average Bonchev–Trinajstić information content (AvgIpc) is 3.65. The summed E-state index contributed by atoms with van der Waals surface area (Å²) in [5.41, 5.74) is 13.5. The third-order valence-corrected chi connectivity index (χ3v) is 10.2. The molecule has 2 heterocycles. The Hall–Kier alpha value is -7.43. The number of hydrogen-bond acceptors (Lipinski definition) is 4. The SMILES string of the molecule is c1ccc(-c2ccc(-c3ccc(-c4nc(-c5cccc(-c6ccc7c(c6)oc6ccccc67)c5)nc(-c5ccccc5-c5ccccc5)n4)cc3)cc2)cc1. The monoisotopic (exact) mass is 703 g/mol. The fraction of sp³-hybridized carbons (Fsp3) is 0. The van der Waals surface area contributed by atoms with Crippen LogP contribution < -0.4 is 0 Å². The third kappa shape index (κ3) is 6.26. The topological polar surface area (TPSA) is 51.8 Å². The molecule has 0 N–H and O–H groups in total. The smallest absolute Gasteiger partial charge is 0.164 e. The number of para-hydroxylation sites is 1. The van der Waals surface area contributed by atoms with Crippen molar-refractivity contribution < 1.29 is 4.42 Å². The minimum atomic E-state index is 0.607. The highest BCUT2D eigenvalue weighted by Crippen LogP contribution is 2.36. The van der Waals surface area contributed by atoms with Gasteiger partial charge in [-0.15, -0.1) is 0 Å². The van der Waals surface area contributed by atoms with Crippen LogP contribution in [0.2, 0.25) is 0 Å². The normalized spacial score (nSPS) is 11.3. The lowest BCUT2D eigenvalue weighted by atomic mass is 9.98. The molecule has 4 heteroatoms. The molecule has 0 saturated heterocycles. The molecule has 10 rings (SSSR count). The molecule has 0 spiro atoms. The number of rotatable bonds is 7. The van der Waals surface area contributed by atoms with E-state index in [0.717, 1.165) is 72.0 Å². The van der Waals surface area contributed by atoms with Crippen LogP contribution in [-0.2, 0) is 0 Å². The van der Waals surface area contributed by atoms with E-state index in [1.807, 2.05) is 36.4 Å².